The van der Waals surface area contributed by atoms with Crippen molar-refractivity contribution in [3.63, 3.8) is 0 Å². The number of aryl methyl sites for hydroxylation is 1. The van der Waals surface area contributed by atoms with Crippen LogP contribution in [-0.2, 0) is 10.0 Å². The Morgan fingerprint density at radius 2 is 1.95 bits per heavy atom. The van der Waals surface area contributed by atoms with E-state index in [2.05, 4.69) is 15.9 Å². The molecule has 1 aromatic carbocycles. The number of hydrogen-bond donors (Lipinski definition) is 0. The lowest BCUT2D eigenvalue weighted by atomic mass is 10.3. The summed E-state index contributed by atoms with van der Waals surface area (Å²) < 4.78 is 31.7. The van der Waals surface area contributed by atoms with E-state index in [9.17, 15) is 18.5 Å². The summed E-state index contributed by atoms with van der Waals surface area (Å²) in [5.41, 5.74) is 0.240. The summed E-state index contributed by atoms with van der Waals surface area (Å²) in [6, 6.07) is 6.96. The fourth-order valence-corrected chi connectivity index (χ4v) is 4.11. The Morgan fingerprint density at radius 3 is 2.52 bits per heavy atom. The second-order valence-corrected chi connectivity index (χ2v) is 6.83. The summed E-state index contributed by atoms with van der Waals surface area (Å²) in [4.78, 5) is 10.1. The number of hydrogen-bond acceptors (Lipinski definition) is 5. The minimum Gasteiger partial charge on any atom is -0.495 e. The Kier molecular flexibility index (Phi) is 4.06. The molecule has 0 aliphatic carbocycles. The molecule has 112 valence electrons. The molecule has 0 amide bonds. The third-order valence-electron chi connectivity index (χ3n) is 2.83. The van der Waals surface area contributed by atoms with Crippen LogP contribution in [0.25, 0.3) is 0 Å². The van der Waals surface area contributed by atoms with Crippen molar-refractivity contribution in [3.8, 4) is 5.75 Å². The normalized spacial score (nSPS) is 11.4. The first kappa shape index (κ1) is 15.5. The zero-order valence-corrected chi connectivity index (χ0v) is 13.5. The monoisotopic (exact) mass is 374 g/mol. The van der Waals surface area contributed by atoms with Gasteiger partial charge in [0.25, 0.3) is 0 Å². The van der Waals surface area contributed by atoms with Crippen molar-refractivity contribution in [1.82, 2.24) is 3.97 Å². The first-order chi connectivity index (χ1) is 9.78. The van der Waals surface area contributed by atoms with Gasteiger partial charge in [0.15, 0.2) is 4.90 Å². The number of aromatic nitrogens is 1. The van der Waals surface area contributed by atoms with Crippen LogP contribution in [0.1, 0.15) is 5.69 Å². The molecule has 7 nitrogen and oxygen atoms in total. The number of ether oxygens (including phenoxy) is 1. The molecular formula is C12H11BrN2O5S. The van der Waals surface area contributed by atoms with Gasteiger partial charge in [0.1, 0.15) is 11.4 Å². The zero-order chi connectivity index (χ0) is 15.8. The van der Waals surface area contributed by atoms with Crippen molar-refractivity contribution in [2.24, 2.45) is 0 Å². The van der Waals surface area contributed by atoms with E-state index in [1.54, 1.807) is 6.07 Å². The Morgan fingerprint density at radius 1 is 1.29 bits per heavy atom. The zero-order valence-electron chi connectivity index (χ0n) is 11.1. The van der Waals surface area contributed by atoms with Crippen molar-refractivity contribution in [2.45, 2.75) is 11.8 Å². The smallest absolute Gasteiger partial charge is 0.339 e. The average molecular weight is 375 g/mol. The molecule has 2 aromatic rings. The SMILES string of the molecule is COc1ccc(Br)cc1S(=O)(=O)n1c(C)ccc1[N+](=O)[O-]. The van der Waals surface area contributed by atoms with Gasteiger partial charge in [0, 0.05) is 10.5 Å². The number of halogens is 1. The maximum absolute atomic E-state index is 12.7. The predicted octanol–water partition coefficient (Wildman–Crippen LogP) is 2.71. The Hall–Kier alpha value is -1.87. The van der Waals surface area contributed by atoms with Crippen LogP contribution >= 0.6 is 15.9 Å². The van der Waals surface area contributed by atoms with E-state index in [0.29, 0.717) is 8.45 Å². The van der Waals surface area contributed by atoms with Gasteiger partial charge in [-0.25, -0.2) is 0 Å². The third kappa shape index (κ3) is 2.66. The summed E-state index contributed by atoms with van der Waals surface area (Å²) in [6.07, 6.45) is 0. The standard InChI is InChI=1S/C12H11BrN2O5S/c1-8-3-6-12(15(16)17)14(8)21(18,19)11-7-9(13)4-5-10(11)20-2/h3-7H,1-2H3. The molecule has 0 unspecified atom stereocenters. The topological polar surface area (TPSA) is 91.4 Å². The fourth-order valence-electron chi connectivity index (χ4n) is 1.91. The van der Waals surface area contributed by atoms with E-state index in [0.717, 1.165) is 6.07 Å². The van der Waals surface area contributed by atoms with Crippen LogP contribution in [0.3, 0.4) is 0 Å². The summed E-state index contributed by atoms with van der Waals surface area (Å²) in [7, 11) is -2.81. The van der Waals surface area contributed by atoms with Gasteiger partial charge in [0.2, 0.25) is 0 Å². The molecule has 0 bridgehead atoms. The minimum absolute atomic E-state index is 0.112. The van der Waals surface area contributed by atoms with Crippen molar-refractivity contribution < 1.29 is 18.1 Å². The summed E-state index contributed by atoms with van der Waals surface area (Å²) in [5, 5.41) is 11.0. The Labute approximate surface area is 129 Å². The Balaban J connectivity index is 2.77. The molecule has 21 heavy (non-hydrogen) atoms. The Bertz CT molecular complexity index is 813. The van der Waals surface area contributed by atoms with E-state index >= 15 is 0 Å². The predicted molar refractivity (Wildman–Crippen MR) is 79.1 cm³/mol. The van der Waals surface area contributed by atoms with Crippen LogP contribution < -0.4 is 4.74 Å². The van der Waals surface area contributed by atoms with Gasteiger partial charge in [-0.15, -0.1) is 3.97 Å². The van der Waals surface area contributed by atoms with Gasteiger partial charge in [-0.05, 0) is 36.1 Å². The van der Waals surface area contributed by atoms with E-state index in [4.69, 9.17) is 4.74 Å². The quantitative estimate of drug-likeness (QED) is 0.605. The van der Waals surface area contributed by atoms with Crippen molar-refractivity contribution >= 4 is 31.8 Å². The molecule has 0 atom stereocenters. The summed E-state index contributed by atoms with van der Waals surface area (Å²) in [6.45, 7) is 1.48. The average Bonchev–Trinajstić information content (AvgIpc) is 2.81. The van der Waals surface area contributed by atoms with E-state index in [-0.39, 0.29) is 16.3 Å². The summed E-state index contributed by atoms with van der Waals surface area (Å²) >= 11 is 3.18. The highest BCUT2D eigenvalue weighted by Gasteiger charge is 2.32. The van der Waals surface area contributed by atoms with E-state index in [1.165, 1.54) is 32.2 Å². The molecule has 1 heterocycles. The number of methoxy groups -OCH3 is 1. The molecule has 0 saturated carbocycles. The first-order valence-corrected chi connectivity index (χ1v) is 7.94. The first-order valence-electron chi connectivity index (χ1n) is 5.71. The second-order valence-electron chi connectivity index (χ2n) is 4.15. The lowest BCUT2D eigenvalue weighted by Gasteiger charge is -2.10. The lowest BCUT2D eigenvalue weighted by molar-refractivity contribution is -0.390. The van der Waals surface area contributed by atoms with Crippen LogP contribution in [-0.4, -0.2) is 24.4 Å². The highest BCUT2D eigenvalue weighted by atomic mass is 79.9. The van der Waals surface area contributed by atoms with Gasteiger partial charge in [-0.2, -0.15) is 8.42 Å². The molecule has 0 aliphatic heterocycles. The second kappa shape index (κ2) is 5.49. The van der Waals surface area contributed by atoms with Crippen LogP contribution in [0, 0.1) is 17.0 Å². The van der Waals surface area contributed by atoms with Crippen LogP contribution in [0.5, 0.6) is 5.75 Å². The molecule has 0 aliphatic rings. The van der Waals surface area contributed by atoms with Crippen LogP contribution in [0.2, 0.25) is 0 Å². The molecular weight excluding hydrogens is 364 g/mol. The molecule has 0 spiro atoms. The van der Waals surface area contributed by atoms with Gasteiger partial charge >= 0.3 is 15.8 Å². The summed E-state index contributed by atoms with van der Waals surface area (Å²) in [5.74, 6) is -0.407. The van der Waals surface area contributed by atoms with Gasteiger partial charge < -0.3 is 14.9 Å². The van der Waals surface area contributed by atoms with Crippen molar-refractivity contribution in [1.29, 1.82) is 0 Å². The highest BCUT2D eigenvalue weighted by Crippen LogP contribution is 2.32. The van der Waals surface area contributed by atoms with E-state index < -0.39 is 20.8 Å². The number of nitrogens with zero attached hydrogens (tertiary/aromatic N) is 2. The van der Waals surface area contributed by atoms with Crippen LogP contribution in [0.15, 0.2) is 39.7 Å². The van der Waals surface area contributed by atoms with Gasteiger partial charge in [-0.3, -0.25) is 0 Å². The molecule has 0 fully saturated rings. The molecule has 2 rings (SSSR count). The molecule has 1 aromatic heterocycles. The minimum atomic E-state index is -4.15. The number of benzene rings is 1. The van der Waals surface area contributed by atoms with Gasteiger partial charge in [-0.1, -0.05) is 15.9 Å². The maximum Gasteiger partial charge on any atom is 0.339 e. The highest BCUT2D eigenvalue weighted by molar-refractivity contribution is 9.10. The van der Waals surface area contributed by atoms with Crippen molar-refractivity contribution in [3.05, 3.63) is 50.6 Å². The molecule has 0 saturated heterocycles. The molecule has 0 radical (unpaired) electrons. The number of nitro groups is 1. The maximum atomic E-state index is 12.7. The molecule has 9 heteroatoms. The molecule has 0 N–H and O–H groups in total. The largest absolute Gasteiger partial charge is 0.495 e. The third-order valence-corrected chi connectivity index (χ3v) is 5.16. The fraction of sp³-hybridized carbons (Fsp3) is 0.167. The van der Waals surface area contributed by atoms with Gasteiger partial charge in [0.05, 0.1) is 7.11 Å². The van der Waals surface area contributed by atoms with Crippen LogP contribution in [0.4, 0.5) is 5.82 Å². The van der Waals surface area contributed by atoms with Crippen molar-refractivity contribution in [2.75, 3.05) is 7.11 Å². The lowest BCUT2D eigenvalue weighted by Crippen LogP contribution is -2.17. The van der Waals surface area contributed by atoms with E-state index in [1.807, 2.05) is 0 Å². The number of rotatable bonds is 4.